The van der Waals surface area contributed by atoms with E-state index in [2.05, 4.69) is 5.32 Å². The molecule has 0 aliphatic heterocycles. The van der Waals surface area contributed by atoms with Crippen LogP contribution in [0.5, 0.6) is 0 Å². The third-order valence-corrected chi connectivity index (χ3v) is 2.01. The van der Waals surface area contributed by atoms with Crippen LogP contribution in [0.1, 0.15) is 12.5 Å². The number of carbonyl (C=O) groups excluding carboxylic acids is 1. The van der Waals surface area contributed by atoms with Crippen molar-refractivity contribution in [1.29, 1.82) is 0 Å². The van der Waals surface area contributed by atoms with Crippen LogP contribution in [0.25, 0.3) is 0 Å². The predicted octanol–water partition coefficient (Wildman–Crippen LogP) is 1.83. The highest BCUT2D eigenvalue weighted by molar-refractivity contribution is 6.02. The minimum atomic E-state index is -1.14. The molecule has 4 nitrogen and oxygen atoms in total. The van der Waals surface area contributed by atoms with E-state index in [0.717, 1.165) is 18.6 Å². The summed E-state index contributed by atoms with van der Waals surface area (Å²) in [5.41, 5.74) is 1.83. The van der Waals surface area contributed by atoms with Crippen LogP contribution >= 0.6 is 0 Å². The molecule has 0 fully saturated rings. The van der Waals surface area contributed by atoms with Gasteiger partial charge >= 0.3 is 5.97 Å². The highest BCUT2D eigenvalue weighted by atomic mass is 16.4. The van der Waals surface area contributed by atoms with Crippen molar-refractivity contribution in [2.45, 2.75) is 13.3 Å². The molecule has 2 N–H and O–H groups in total. The summed E-state index contributed by atoms with van der Waals surface area (Å²) in [6.07, 6.45) is 2.72. The second kappa shape index (κ2) is 5.70. The molecular formula is C12H13NO3. The van der Waals surface area contributed by atoms with Gasteiger partial charge in [0.25, 0.3) is 0 Å². The first kappa shape index (κ1) is 12.0. The van der Waals surface area contributed by atoms with E-state index in [0.29, 0.717) is 5.69 Å². The van der Waals surface area contributed by atoms with E-state index < -0.39 is 11.9 Å². The van der Waals surface area contributed by atoms with Crippen molar-refractivity contribution in [3.05, 3.63) is 42.0 Å². The number of amides is 1. The number of rotatable bonds is 4. The quantitative estimate of drug-likeness (QED) is 0.759. The molecule has 4 heteroatoms. The number of nitrogens with one attached hydrogen (secondary N) is 1. The fraction of sp³-hybridized carbons (Fsp3) is 0.167. The van der Waals surface area contributed by atoms with Crippen LogP contribution in [0.15, 0.2) is 36.4 Å². The lowest BCUT2D eigenvalue weighted by atomic mass is 10.1. The van der Waals surface area contributed by atoms with Gasteiger partial charge in [-0.05, 0) is 24.1 Å². The molecule has 16 heavy (non-hydrogen) atoms. The molecule has 0 aliphatic rings. The summed E-state index contributed by atoms with van der Waals surface area (Å²) in [5, 5.41) is 10.9. The van der Waals surface area contributed by atoms with E-state index in [1.54, 1.807) is 12.1 Å². The predicted molar refractivity (Wildman–Crippen MR) is 61.2 cm³/mol. The molecule has 1 aromatic carbocycles. The van der Waals surface area contributed by atoms with E-state index in [4.69, 9.17) is 5.11 Å². The monoisotopic (exact) mass is 219 g/mol. The highest BCUT2D eigenvalue weighted by Crippen LogP contribution is 2.09. The van der Waals surface area contributed by atoms with Gasteiger partial charge in [-0.25, -0.2) is 4.79 Å². The molecule has 0 aliphatic carbocycles. The first-order chi connectivity index (χ1) is 7.61. The van der Waals surface area contributed by atoms with Gasteiger partial charge in [-0.15, -0.1) is 0 Å². The van der Waals surface area contributed by atoms with Gasteiger partial charge in [0, 0.05) is 17.8 Å². The van der Waals surface area contributed by atoms with Crippen molar-refractivity contribution in [2.24, 2.45) is 0 Å². The van der Waals surface area contributed by atoms with Gasteiger partial charge in [0.1, 0.15) is 0 Å². The molecule has 84 valence electrons. The van der Waals surface area contributed by atoms with Crippen molar-refractivity contribution in [3.8, 4) is 0 Å². The molecule has 0 atom stereocenters. The maximum atomic E-state index is 11.2. The first-order valence-electron chi connectivity index (χ1n) is 4.92. The number of hydrogen-bond donors (Lipinski definition) is 2. The van der Waals surface area contributed by atoms with E-state index in [9.17, 15) is 9.59 Å². The third kappa shape index (κ3) is 3.96. The largest absolute Gasteiger partial charge is 0.478 e. The molecule has 0 bridgehead atoms. The minimum Gasteiger partial charge on any atom is -0.478 e. The summed E-state index contributed by atoms with van der Waals surface area (Å²) in [4.78, 5) is 21.4. The summed E-state index contributed by atoms with van der Waals surface area (Å²) in [6.45, 7) is 2.04. The Morgan fingerprint density at radius 1 is 1.25 bits per heavy atom. The Hall–Kier alpha value is -2.10. The van der Waals surface area contributed by atoms with Gasteiger partial charge in [-0.3, -0.25) is 4.79 Å². The van der Waals surface area contributed by atoms with Crippen molar-refractivity contribution < 1.29 is 14.7 Å². The second-order valence-electron chi connectivity index (χ2n) is 3.21. The molecule has 0 unspecified atom stereocenters. The number of aryl methyl sites for hydroxylation is 1. The standard InChI is InChI=1S/C12H13NO3/c1-2-9-3-5-10(6-4-9)13-11(14)7-8-12(15)16/h3-8H,2H2,1H3,(H,13,14)(H,15,16)/b8-7-. The summed E-state index contributed by atoms with van der Waals surface area (Å²) >= 11 is 0. The lowest BCUT2D eigenvalue weighted by molar-refractivity contribution is -0.131. The maximum Gasteiger partial charge on any atom is 0.328 e. The first-order valence-corrected chi connectivity index (χ1v) is 4.92. The highest BCUT2D eigenvalue weighted by Gasteiger charge is 1.98. The summed E-state index contributed by atoms with van der Waals surface area (Å²) in [6, 6.07) is 7.39. The van der Waals surface area contributed by atoms with E-state index >= 15 is 0 Å². The molecule has 0 radical (unpaired) electrons. The average molecular weight is 219 g/mol. The Morgan fingerprint density at radius 3 is 2.38 bits per heavy atom. The summed E-state index contributed by atoms with van der Waals surface area (Å²) in [5.74, 6) is -1.59. The number of carboxylic acid groups (broad SMARTS) is 1. The van der Waals surface area contributed by atoms with E-state index in [1.165, 1.54) is 5.56 Å². The molecule has 0 aromatic heterocycles. The van der Waals surface area contributed by atoms with Crippen LogP contribution in [-0.4, -0.2) is 17.0 Å². The summed E-state index contributed by atoms with van der Waals surface area (Å²) < 4.78 is 0. The van der Waals surface area contributed by atoms with Gasteiger partial charge in [0.2, 0.25) is 5.91 Å². The number of carbonyl (C=O) groups is 2. The fourth-order valence-electron chi connectivity index (χ4n) is 1.15. The molecule has 1 aromatic rings. The summed E-state index contributed by atoms with van der Waals surface area (Å²) in [7, 11) is 0. The van der Waals surface area contributed by atoms with Crippen molar-refractivity contribution in [3.63, 3.8) is 0 Å². The zero-order chi connectivity index (χ0) is 12.0. The second-order valence-corrected chi connectivity index (χ2v) is 3.21. The number of benzene rings is 1. The lowest BCUT2D eigenvalue weighted by Gasteiger charge is -2.02. The molecule has 0 saturated heterocycles. The van der Waals surface area contributed by atoms with Gasteiger partial charge in [0.05, 0.1) is 0 Å². The van der Waals surface area contributed by atoms with Gasteiger partial charge in [0.15, 0.2) is 0 Å². The normalized spacial score (nSPS) is 10.3. The Balaban J connectivity index is 2.59. The van der Waals surface area contributed by atoms with Gasteiger partial charge in [-0.1, -0.05) is 19.1 Å². The number of carboxylic acids is 1. The average Bonchev–Trinajstić information content (AvgIpc) is 2.27. The Morgan fingerprint density at radius 2 is 1.88 bits per heavy atom. The van der Waals surface area contributed by atoms with Crippen LogP contribution < -0.4 is 5.32 Å². The zero-order valence-corrected chi connectivity index (χ0v) is 8.93. The van der Waals surface area contributed by atoms with Crippen molar-refractivity contribution in [1.82, 2.24) is 0 Å². The molecule has 0 heterocycles. The van der Waals surface area contributed by atoms with Gasteiger partial charge < -0.3 is 10.4 Å². The molecule has 1 rings (SSSR count). The van der Waals surface area contributed by atoms with Crippen molar-refractivity contribution in [2.75, 3.05) is 5.32 Å². The van der Waals surface area contributed by atoms with E-state index in [1.807, 2.05) is 19.1 Å². The molecular weight excluding hydrogens is 206 g/mol. The lowest BCUT2D eigenvalue weighted by Crippen LogP contribution is -2.08. The minimum absolute atomic E-state index is 0.452. The van der Waals surface area contributed by atoms with Crippen LogP contribution in [-0.2, 0) is 16.0 Å². The topological polar surface area (TPSA) is 66.4 Å². The smallest absolute Gasteiger partial charge is 0.328 e. The maximum absolute atomic E-state index is 11.2. The van der Waals surface area contributed by atoms with Crippen LogP contribution in [0.2, 0.25) is 0 Å². The third-order valence-electron chi connectivity index (χ3n) is 2.01. The Kier molecular flexibility index (Phi) is 4.27. The van der Waals surface area contributed by atoms with Crippen molar-refractivity contribution >= 4 is 17.6 Å². The van der Waals surface area contributed by atoms with Gasteiger partial charge in [-0.2, -0.15) is 0 Å². The van der Waals surface area contributed by atoms with E-state index in [-0.39, 0.29) is 0 Å². The Bertz CT molecular complexity index is 407. The SMILES string of the molecule is CCc1ccc(NC(=O)/C=C\C(=O)O)cc1. The van der Waals surface area contributed by atoms with Crippen LogP contribution in [0.4, 0.5) is 5.69 Å². The zero-order valence-electron chi connectivity index (χ0n) is 8.93. The van der Waals surface area contributed by atoms with Crippen LogP contribution in [0.3, 0.4) is 0 Å². The number of aliphatic carboxylic acids is 1. The molecule has 0 spiro atoms. The molecule has 1 amide bonds. The molecule has 0 saturated carbocycles. The Labute approximate surface area is 93.6 Å². The fourth-order valence-corrected chi connectivity index (χ4v) is 1.15. The number of anilines is 1. The van der Waals surface area contributed by atoms with Crippen LogP contribution in [0, 0.1) is 0 Å². The number of hydrogen-bond acceptors (Lipinski definition) is 2.